The van der Waals surface area contributed by atoms with E-state index < -0.39 is 0 Å². The monoisotopic (exact) mass is 163 g/mol. The van der Waals surface area contributed by atoms with E-state index in [4.69, 9.17) is 0 Å². The van der Waals surface area contributed by atoms with Gasteiger partial charge in [0.1, 0.15) is 0 Å². The third-order valence-electron chi connectivity index (χ3n) is 1.66. The lowest BCUT2D eigenvalue weighted by Crippen LogP contribution is -1.94. The average Bonchev–Trinajstić information content (AvgIpc) is 2.49. The summed E-state index contributed by atoms with van der Waals surface area (Å²) in [4.78, 5) is 8.36. The molecule has 2 heterocycles. The molecule has 0 aromatic carbocycles. The van der Waals surface area contributed by atoms with Crippen LogP contribution in [-0.4, -0.2) is 25.4 Å². The molecule has 0 bridgehead atoms. The Morgan fingerprint density at radius 1 is 1.25 bits per heavy atom. The van der Waals surface area contributed by atoms with Crippen LogP contribution in [-0.2, 0) is 0 Å². The van der Waals surface area contributed by atoms with Gasteiger partial charge < -0.3 is 0 Å². The average molecular weight is 163 g/mol. The molecular formula is C7H9N5. The summed E-state index contributed by atoms with van der Waals surface area (Å²) in [6.45, 7) is 4.13. The third kappa shape index (κ3) is 1.03. The van der Waals surface area contributed by atoms with Gasteiger partial charge in [0.25, 0.3) is 0 Å². The van der Waals surface area contributed by atoms with Crippen LogP contribution in [0.25, 0.3) is 11.3 Å². The van der Waals surface area contributed by atoms with Crippen LogP contribution in [0.3, 0.4) is 0 Å². The molecule has 0 saturated carbocycles. The summed E-state index contributed by atoms with van der Waals surface area (Å²) >= 11 is 0. The lowest BCUT2D eigenvalue weighted by molar-refractivity contribution is 0.819. The van der Waals surface area contributed by atoms with Gasteiger partial charge in [-0.3, -0.25) is 0 Å². The van der Waals surface area contributed by atoms with Crippen molar-refractivity contribution >= 4 is 11.3 Å². The standard InChI is InChI=1S/C7H9N5/c1-4(2)5-3-8-6-7(9-5)11-12-10-6/h3-4H,1-2H3,(H,8,9,10,11,12). The molecule has 0 aliphatic carbocycles. The molecule has 62 valence electrons. The van der Waals surface area contributed by atoms with Crippen molar-refractivity contribution < 1.29 is 0 Å². The smallest absolute Gasteiger partial charge is 0.221 e. The summed E-state index contributed by atoms with van der Waals surface area (Å²) in [6, 6.07) is 0. The first-order valence-corrected chi connectivity index (χ1v) is 3.81. The maximum Gasteiger partial charge on any atom is 0.221 e. The maximum atomic E-state index is 4.27. The van der Waals surface area contributed by atoms with Crippen LogP contribution in [0.15, 0.2) is 6.20 Å². The molecule has 1 N–H and O–H groups in total. The van der Waals surface area contributed by atoms with Crippen molar-refractivity contribution in [1.82, 2.24) is 25.4 Å². The Hall–Kier alpha value is -1.52. The molecule has 0 radical (unpaired) electrons. The fourth-order valence-corrected chi connectivity index (χ4v) is 0.938. The lowest BCUT2D eigenvalue weighted by Gasteiger charge is -2.00. The van der Waals surface area contributed by atoms with E-state index in [1.165, 1.54) is 0 Å². The number of nitrogens with zero attached hydrogens (tertiary/aromatic N) is 4. The SMILES string of the molecule is CC(C)c1cnc2n[nH]nc2n1. The van der Waals surface area contributed by atoms with Crippen LogP contribution < -0.4 is 0 Å². The molecule has 0 aliphatic heterocycles. The number of hydrogen-bond donors (Lipinski definition) is 1. The highest BCUT2D eigenvalue weighted by atomic mass is 15.4. The zero-order chi connectivity index (χ0) is 8.55. The maximum absolute atomic E-state index is 4.27. The summed E-state index contributed by atoms with van der Waals surface area (Å²) in [5.74, 6) is 0.374. The Morgan fingerprint density at radius 3 is 2.75 bits per heavy atom. The summed E-state index contributed by atoms with van der Waals surface area (Å²) in [6.07, 6.45) is 1.73. The van der Waals surface area contributed by atoms with E-state index >= 15 is 0 Å². The van der Waals surface area contributed by atoms with Gasteiger partial charge in [-0.2, -0.15) is 5.21 Å². The molecule has 0 aliphatic rings. The van der Waals surface area contributed by atoms with Crippen molar-refractivity contribution in [1.29, 1.82) is 0 Å². The number of fused-ring (bicyclic) bond motifs is 1. The minimum atomic E-state index is 0.374. The largest absolute Gasteiger partial charge is 0.230 e. The van der Waals surface area contributed by atoms with E-state index in [0.29, 0.717) is 17.2 Å². The second-order valence-corrected chi connectivity index (χ2v) is 2.92. The predicted molar refractivity (Wildman–Crippen MR) is 43.6 cm³/mol. The van der Waals surface area contributed by atoms with E-state index in [0.717, 1.165) is 5.69 Å². The van der Waals surface area contributed by atoms with Gasteiger partial charge in [-0.05, 0) is 5.92 Å². The van der Waals surface area contributed by atoms with Crippen LogP contribution >= 0.6 is 0 Å². The Morgan fingerprint density at radius 2 is 2.00 bits per heavy atom. The first-order chi connectivity index (χ1) is 5.77. The van der Waals surface area contributed by atoms with Gasteiger partial charge in [0.15, 0.2) is 0 Å². The molecule has 0 amide bonds. The Balaban J connectivity index is 2.60. The molecule has 0 spiro atoms. The number of aromatic amines is 1. The molecule has 5 heteroatoms. The van der Waals surface area contributed by atoms with E-state index in [1.807, 2.05) is 0 Å². The van der Waals surface area contributed by atoms with Crippen LogP contribution in [0, 0.1) is 0 Å². The molecule has 2 aromatic heterocycles. The van der Waals surface area contributed by atoms with Crippen molar-refractivity contribution in [2.75, 3.05) is 0 Å². The molecule has 5 nitrogen and oxygen atoms in total. The van der Waals surface area contributed by atoms with E-state index in [9.17, 15) is 0 Å². The second kappa shape index (κ2) is 2.51. The highest BCUT2D eigenvalue weighted by molar-refractivity contribution is 5.62. The molecule has 0 unspecified atom stereocenters. The second-order valence-electron chi connectivity index (χ2n) is 2.92. The number of hydrogen-bond acceptors (Lipinski definition) is 4. The number of nitrogens with one attached hydrogen (secondary N) is 1. The number of aromatic nitrogens is 5. The van der Waals surface area contributed by atoms with Crippen LogP contribution in [0.2, 0.25) is 0 Å². The van der Waals surface area contributed by atoms with Crippen LogP contribution in [0.4, 0.5) is 0 Å². The fraction of sp³-hybridized carbons (Fsp3) is 0.429. The van der Waals surface area contributed by atoms with Crippen molar-refractivity contribution in [3.05, 3.63) is 11.9 Å². The molecule has 0 atom stereocenters. The minimum absolute atomic E-state index is 0.374. The highest BCUT2D eigenvalue weighted by Crippen LogP contribution is 2.11. The summed E-state index contributed by atoms with van der Waals surface area (Å²) in [5, 5.41) is 10.1. The van der Waals surface area contributed by atoms with Gasteiger partial charge >= 0.3 is 0 Å². The first kappa shape index (κ1) is 7.15. The zero-order valence-corrected chi connectivity index (χ0v) is 6.94. The van der Waals surface area contributed by atoms with E-state index in [2.05, 4.69) is 39.2 Å². The third-order valence-corrected chi connectivity index (χ3v) is 1.66. The fourth-order valence-electron chi connectivity index (χ4n) is 0.938. The van der Waals surface area contributed by atoms with Gasteiger partial charge in [-0.15, -0.1) is 10.2 Å². The van der Waals surface area contributed by atoms with Crippen LogP contribution in [0.5, 0.6) is 0 Å². The van der Waals surface area contributed by atoms with Gasteiger partial charge in [0.05, 0.1) is 11.9 Å². The van der Waals surface area contributed by atoms with E-state index in [1.54, 1.807) is 6.20 Å². The number of H-pyrrole nitrogens is 1. The Labute approximate surface area is 69.2 Å². The molecule has 12 heavy (non-hydrogen) atoms. The Bertz CT molecular complexity index is 391. The quantitative estimate of drug-likeness (QED) is 0.677. The summed E-state index contributed by atoms with van der Waals surface area (Å²) in [7, 11) is 0. The Kier molecular flexibility index (Phi) is 1.49. The zero-order valence-electron chi connectivity index (χ0n) is 6.94. The molecular weight excluding hydrogens is 154 g/mol. The van der Waals surface area contributed by atoms with Crippen molar-refractivity contribution in [3.8, 4) is 0 Å². The van der Waals surface area contributed by atoms with Crippen molar-refractivity contribution in [2.45, 2.75) is 19.8 Å². The van der Waals surface area contributed by atoms with Gasteiger partial charge in [0.2, 0.25) is 11.3 Å². The number of rotatable bonds is 1. The lowest BCUT2D eigenvalue weighted by atomic mass is 10.1. The highest BCUT2D eigenvalue weighted by Gasteiger charge is 2.05. The van der Waals surface area contributed by atoms with E-state index in [-0.39, 0.29) is 0 Å². The minimum Gasteiger partial charge on any atom is -0.230 e. The topological polar surface area (TPSA) is 67.3 Å². The summed E-state index contributed by atoms with van der Waals surface area (Å²) < 4.78 is 0. The van der Waals surface area contributed by atoms with Gasteiger partial charge in [-0.25, -0.2) is 9.97 Å². The molecule has 0 saturated heterocycles. The molecule has 2 aromatic rings. The first-order valence-electron chi connectivity index (χ1n) is 3.81. The van der Waals surface area contributed by atoms with Crippen molar-refractivity contribution in [2.24, 2.45) is 0 Å². The molecule has 0 fully saturated rings. The van der Waals surface area contributed by atoms with Gasteiger partial charge in [0, 0.05) is 0 Å². The normalized spacial score (nSPS) is 11.2. The van der Waals surface area contributed by atoms with Gasteiger partial charge in [-0.1, -0.05) is 13.8 Å². The summed E-state index contributed by atoms with van der Waals surface area (Å²) in [5.41, 5.74) is 2.09. The molecule has 2 rings (SSSR count). The van der Waals surface area contributed by atoms with Crippen molar-refractivity contribution in [3.63, 3.8) is 0 Å². The van der Waals surface area contributed by atoms with Crippen LogP contribution in [0.1, 0.15) is 25.5 Å². The predicted octanol–water partition coefficient (Wildman–Crippen LogP) is 0.871.